The van der Waals surface area contributed by atoms with Crippen LogP contribution in [0.4, 0.5) is 8.78 Å². The molecule has 0 radical (unpaired) electrons. The molecule has 0 atom stereocenters. The van der Waals surface area contributed by atoms with Crippen LogP contribution in [0.15, 0.2) is 53.5 Å². The summed E-state index contributed by atoms with van der Waals surface area (Å²) >= 11 is 0. The van der Waals surface area contributed by atoms with E-state index in [1.54, 1.807) is 37.3 Å². The van der Waals surface area contributed by atoms with Crippen molar-refractivity contribution in [2.45, 2.75) is 13.8 Å². The molecule has 0 aliphatic heterocycles. The van der Waals surface area contributed by atoms with Crippen molar-refractivity contribution in [3.8, 4) is 28.5 Å². The second-order valence-corrected chi connectivity index (χ2v) is 6.85. The first-order chi connectivity index (χ1) is 13.9. The molecule has 2 aromatic heterocycles. The van der Waals surface area contributed by atoms with Crippen LogP contribution in [0.1, 0.15) is 16.8 Å². The van der Waals surface area contributed by atoms with Gasteiger partial charge in [0.1, 0.15) is 11.6 Å². The molecular weight excluding hydrogens is 372 g/mol. The third-order valence-electron chi connectivity index (χ3n) is 4.87. The fourth-order valence-corrected chi connectivity index (χ4v) is 3.35. The van der Waals surface area contributed by atoms with Gasteiger partial charge in [0.25, 0.3) is 0 Å². The number of hydrogen-bond acceptors (Lipinski definition) is 3. The molecule has 0 fully saturated rings. The number of halogens is 2. The minimum absolute atomic E-state index is 0.0491. The van der Waals surface area contributed by atoms with E-state index in [0.717, 1.165) is 11.6 Å². The van der Waals surface area contributed by atoms with Gasteiger partial charge in [-0.15, -0.1) is 0 Å². The highest BCUT2D eigenvalue weighted by molar-refractivity contribution is 5.87. The number of aromatic amines is 1. The molecule has 142 valence electrons. The number of hydrogen-bond donors (Lipinski definition) is 1. The molecule has 0 bridgehead atoms. The van der Waals surface area contributed by atoms with Crippen LogP contribution in [0, 0.1) is 36.8 Å². The maximum absolute atomic E-state index is 15.2. The molecule has 2 aromatic carbocycles. The normalized spacial score (nSPS) is 10.9. The lowest BCUT2D eigenvalue weighted by molar-refractivity contribution is 0.597. The van der Waals surface area contributed by atoms with E-state index in [1.165, 1.54) is 12.3 Å². The van der Waals surface area contributed by atoms with E-state index >= 15 is 4.39 Å². The van der Waals surface area contributed by atoms with Gasteiger partial charge in [0.05, 0.1) is 33.8 Å². The Balaban J connectivity index is 1.98. The number of pyridine rings is 2. The first kappa shape index (κ1) is 18.5. The Hall–Kier alpha value is -3.85. The summed E-state index contributed by atoms with van der Waals surface area (Å²) in [4.78, 5) is 19.8. The number of aromatic nitrogens is 2. The van der Waals surface area contributed by atoms with Crippen molar-refractivity contribution in [1.29, 1.82) is 5.26 Å². The molecule has 0 saturated carbocycles. The van der Waals surface area contributed by atoms with E-state index in [-0.39, 0.29) is 22.0 Å². The van der Waals surface area contributed by atoms with Crippen LogP contribution in [0.5, 0.6) is 0 Å². The first-order valence-electron chi connectivity index (χ1n) is 8.88. The van der Waals surface area contributed by atoms with Crippen LogP contribution in [0.2, 0.25) is 0 Å². The maximum Gasteiger partial charge on any atom is 0.193 e. The molecule has 0 spiro atoms. The highest BCUT2D eigenvalue weighted by atomic mass is 19.1. The maximum atomic E-state index is 15.2. The Labute approximate surface area is 165 Å². The quantitative estimate of drug-likeness (QED) is 0.525. The lowest BCUT2D eigenvalue weighted by Crippen LogP contribution is -2.08. The molecule has 0 aliphatic carbocycles. The molecule has 4 rings (SSSR count). The first-order valence-corrected chi connectivity index (χ1v) is 8.88. The van der Waals surface area contributed by atoms with Gasteiger partial charge in [-0.05, 0) is 43.7 Å². The SMILES string of the molecule is Cc1ccc(-c2c(F)cc3[nH]c(-c4cc(C#N)ccc4C)cc(=O)c3c2F)cn1. The lowest BCUT2D eigenvalue weighted by atomic mass is 9.99. The molecule has 6 heteroatoms. The molecular formula is C23H15F2N3O. The Bertz CT molecular complexity index is 1370. The van der Waals surface area contributed by atoms with Crippen molar-refractivity contribution in [3.05, 3.63) is 87.3 Å². The molecule has 4 nitrogen and oxygen atoms in total. The van der Waals surface area contributed by atoms with Gasteiger partial charge in [-0.2, -0.15) is 5.26 Å². The number of nitrogens with zero attached hydrogens (tertiary/aromatic N) is 2. The number of H-pyrrole nitrogens is 1. The van der Waals surface area contributed by atoms with Gasteiger partial charge in [0, 0.05) is 29.1 Å². The van der Waals surface area contributed by atoms with Crippen LogP contribution >= 0.6 is 0 Å². The van der Waals surface area contributed by atoms with Gasteiger partial charge in [0.15, 0.2) is 5.43 Å². The van der Waals surface area contributed by atoms with Crippen LogP contribution < -0.4 is 5.43 Å². The lowest BCUT2D eigenvalue weighted by Gasteiger charge is -2.11. The van der Waals surface area contributed by atoms with Crippen molar-refractivity contribution >= 4 is 10.9 Å². The molecule has 29 heavy (non-hydrogen) atoms. The number of nitriles is 1. The second-order valence-electron chi connectivity index (χ2n) is 6.85. The van der Waals surface area contributed by atoms with Crippen molar-refractivity contribution < 1.29 is 8.78 Å². The third-order valence-corrected chi connectivity index (χ3v) is 4.87. The number of nitrogens with one attached hydrogen (secondary N) is 1. The summed E-state index contributed by atoms with van der Waals surface area (Å²) in [5.41, 5.74) is 2.42. The minimum atomic E-state index is -0.930. The number of fused-ring (bicyclic) bond motifs is 1. The summed E-state index contributed by atoms with van der Waals surface area (Å²) in [6.07, 6.45) is 1.38. The van der Waals surface area contributed by atoms with Crippen molar-refractivity contribution in [1.82, 2.24) is 9.97 Å². The van der Waals surface area contributed by atoms with Crippen molar-refractivity contribution in [3.63, 3.8) is 0 Å². The monoisotopic (exact) mass is 387 g/mol. The molecule has 2 heterocycles. The van der Waals surface area contributed by atoms with Crippen molar-refractivity contribution in [2.75, 3.05) is 0 Å². The Morgan fingerprint density at radius 2 is 1.86 bits per heavy atom. The molecule has 0 aliphatic rings. The average Bonchev–Trinajstić information content (AvgIpc) is 2.69. The molecule has 0 amide bonds. The van der Waals surface area contributed by atoms with E-state index < -0.39 is 17.1 Å². The second kappa shape index (κ2) is 6.95. The summed E-state index contributed by atoms with van der Waals surface area (Å²) in [7, 11) is 0. The van der Waals surface area contributed by atoms with Crippen LogP contribution in [0.3, 0.4) is 0 Å². The Morgan fingerprint density at radius 3 is 2.55 bits per heavy atom. The van der Waals surface area contributed by atoms with Crippen molar-refractivity contribution in [2.24, 2.45) is 0 Å². The highest BCUT2D eigenvalue weighted by Gasteiger charge is 2.19. The van der Waals surface area contributed by atoms with E-state index in [1.807, 2.05) is 13.0 Å². The molecule has 0 saturated heterocycles. The number of benzene rings is 2. The largest absolute Gasteiger partial charge is 0.354 e. The predicted molar refractivity (Wildman–Crippen MR) is 107 cm³/mol. The summed E-state index contributed by atoms with van der Waals surface area (Å²) in [6, 6.07) is 12.7. The zero-order valence-corrected chi connectivity index (χ0v) is 15.7. The smallest absolute Gasteiger partial charge is 0.193 e. The molecule has 1 N–H and O–H groups in total. The Kier molecular flexibility index (Phi) is 4.44. The van der Waals surface area contributed by atoms with E-state index in [4.69, 9.17) is 5.26 Å². The van der Waals surface area contributed by atoms with Crippen LogP contribution in [-0.2, 0) is 0 Å². The average molecular weight is 387 g/mol. The van der Waals surface area contributed by atoms with E-state index in [0.29, 0.717) is 22.5 Å². The molecule has 4 aromatic rings. The Morgan fingerprint density at radius 1 is 1.07 bits per heavy atom. The summed E-state index contributed by atoms with van der Waals surface area (Å²) < 4.78 is 30.0. The number of aryl methyl sites for hydroxylation is 2. The minimum Gasteiger partial charge on any atom is -0.354 e. The summed E-state index contributed by atoms with van der Waals surface area (Å²) in [6.45, 7) is 3.60. The van der Waals surface area contributed by atoms with Gasteiger partial charge >= 0.3 is 0 Å². The number of rotatable bonds is 2. The van der Waals surface area contributed by atoms with Crippen LogP contribution in [0.25, 0.3) is 33.3 Å². The topological polar surface area (TPSA) is 69.5 Å². The molecule has 0 unspecified atom stereocenters. The fraction of sp³-hybridized carbons (Fsp3) is 0.0870. The highest BCUT2D eigenvalue weighted by Crippen LogP contribution is 2.31. The van der Waals surface area contributed by atoms with E-state index in [9.17, 15) is 9.18 Å². The van der Waals surface area contributed by atoms with Crippen LogP contribution in [-0.4, -0.2) is 9.97 Å². The summed E-state index contributed by atoms with van der Waals surface area (Å²) in [5, 5.41) is 8.91. The van der Waals surface area contributed by atoms with Gasteiger partial charge < -0.3 is 4.98 Å². The zero-order chi connectivity index (χ0) is 20.7. The summed E-state index contributed by atoms with van der Waals surface area (Å²) in [5.74, 6) is -1.73. The van der Waals surface area contributed by atoms with Gasteiger partial charge in [0.2, 0.25) is 0 Å². The van der Waals surface area contributed by atoms with Gasteiger partial charge in [-0.25, -0.2) is 8.78 Å². The van der Waals surface area contributed by atoms with Gasteiger partial charge in [-0.3, -0.25) is 9.78 Å². The fourth-order valence-electron chi connectivity index (χ4n) is 3.35. The standard InChI is InChI=1S/C23H15F2N3O/c1-12-3-5-14(10-26)7-16(12)18-9-20(29)22-19(28-18)8-17(24)21(23(22)25)15-6-4-13(2)27-11-15/h3-9,11H,1-2H3,(H,28,29). The van der Waals surface area contributed by atoms with Gasteiger partial charge in [-0.1, -0.05) is 12.1 Å². The van der Waals surface area contributed by atoms with E-state index in [2.05, 4.69) is 9.97 Å². The zero-order valence-electron chi connectivity index (χ0n) is 15.7. The third kappa shape index (κ3) is 3.17. The predicted octanol–water partition coefficient (Wildman–Crippen LogP) is 5.02.